The molecule has 6 rings (SSSR count). The van der Waals surface area contributed by atoms with Gasteiger partial charge in [0, 0.05) is 55.9 Å². The van der Waals surface area contributed by atoms with Crippen molar-refractivity contribution in [1.82, 2.24) is 35.2 Å². The zero-order valence-electron chi connectivity index (χ0n) is 26.4. The van der Waals surface area contributed by atoms with Gasteiger partial charge in [-0.15, -0.1) is 0 Å². The van der Waals surface area contributed by atoms with Crippen LogP contribution in [0.4, 0.5) is 35.5 Å². The van der Waals surface area contributed by atoms with Crippen molar-refractivity contribution < 1.29 is 27.8 Å². The van der Waals surface area contributed by atoms with Gasteiger partial charge in [-0.25, -0.2) is 24.7 Å². The van der Waals surface area contributed by atoms with Crippen LogP contribution in [0.15, 0.2) is 61.3 Å². The maximum Gasteiger partial charge on any atom is 0.421 e. The van der Waals surface area contributed by atoms with Crippen molar-refractivity contribution in [3.8, 4) is 17.3 Å². The van der Waals surface area contributed by atoms with E-state index in [1.807, 2.05) is 30.3 Å². The summed E-state index contributed by atoms with van der Waals surface area (Å²) in [5, 5.41) is 16.3. The molecule has 0 radical (unpaired) electrons. The molecule has 4 aromatic rings. The monoisotopic (exact) mass is 664 g/mol. The lowest BCUT2D eigenvalue weighted by molar-refractivity contribution is -0.137. The molecule has 16 heteroatoms. The number of benzene rings is 1. The minimum atomic E-state index is -4.64. The van der Waals surface area contributed by atoms with E-state index in [0.29, 0.717) is 49.3 Å². The largest absolute Gasteiger partial charge is 0.467 e. The third kappa shape index (κ3) is 7.54. The Morgan fingerprint density at radius 2 is 1.71 bits per heavy atom. The summed E-state index contributed by atoms with van der Waals surface area (Å²) in [7, 11) is 1.48. The zero-order valence-corrected chi connectivity index (χ0v) is 26.4. The molecule has 4 heterocycles. The summed E-state index contributed by atoms with van der Waals surface area (Å²) in [4.78, 5) is 42.2. The highest BCUT2D eigenvalue weighted by Crippen LogP contribution is 2.39. The summed E-state index contributed by atoms with van der Waals surface area (Å²) < 4.78 is 46.2. The number of ether oxygens (including phenoxy) is 1. The number of β-amino-alcohol motifs (C(OH)–C–C–N with tert-alkyl or cyclic N) is 1. The van der Waals surface area contributed by atoms with Crippen LogP contribution in [0, 0.1) is 0 Å². The minimum absolute atomic E-state index is 0.0392. The number of anilines is 3. The van der Waals surface area contributed by atoms with Crippen molar-refractivity contribution in [2.24, 2.45) is 0 Å². The predicted molar refractivity (Wildman–Crippen MR) is 170 cm³/mol. The van der Waals surface area contributed by atoms with Gasteiger partial charge in [0.1, 0.15) is 11.4 Å². The number of methoxy groups -OCH3 is 1. The number of halogens is 3. The SMILES string of the molecule is COc1ncc(-c2cnc(N(C(=O)NCc3ccccc3)[C@H]3CC[C@H](Nc4ncc(C(F)(F)F)c(N5CC(C)(O)C5)n4)CC3)cn2)cn1. The van der Waals surface area contributed by atoms with E-state index in [1.165, 1.54) is 18.2 Å². The second kappa shape index (κ2) is 13.5. The highest BCUT2D eigenvalue weighted by atomic mass is 19.4. The molecule has 3 aromatic heterocycles. The lowest BCUT2D eigenvalue weighted by Gasteiger charge is -2.45. The maximum atomic E-state index is 13.7. The van der Waals surface area contributed by atoms with Gasteiger partial charge in [-0.1, -0.05) is 30.3 Å². The summed E-state index contributed by atoms with van der Waals surface area (Å²) in [6.07, 6.45) is 4.74. The molecule has 0 unspecified atom stereocenters. The van der Waals surface area contributed by atoms with Crippen molar-refractivity contribution in [2.45, 2.75) is 63.0 Å². The Balaban J connectivity index is 1.16. The van der Waals surface area contributed by atoms with Crippen LogP contribution in [-0.4, -0.2) is 78.9 Å². The number of aliphatic hydroxyl groups is 1. The average molecular weight is 665 g/mol. The first-order chi connectivity index (χ1) is 23.0. The molecule has 2 amide bonds. The Hall–Kier alpha value is -5.12. The van der Waals surface area contributed by atoms with Gasteiger partial charge in [0.15, 0.2) is 5.82 Å². The Kier molecular flexibility index (Phi) is 9.26. The quantitative estimate of drug-likeness (QED) is 0.232. The first-order valence-corrected chi connectivity index (χ1v) is 15.5. The van der Waals surface area contributed by atoms with Crippen LogP contribution in [0.3, 0.4) is 0 Å². The molecule has 2 aliphatic rings. The molecule has 1 saturated carbocycles. The van der Waals surface area contributed by atoms with Crippen LogP contribution < -0.4 is 25.2 Å². The number of hydrogen-bond donors (Lipinski definition) is 3. The number of urea groups is 1. The summed E-state index contributed by atoms with van der Waals surface area (Å²) in [5.41, 5.74) is 0.0771. The Labute approximate surface area is 274 Å². The Bertz CT molecular complexity index is 1690. The van der Waals surface area contributed by atoms with Crippen LogP contribution in [0.1, 0.15) is 43.7 Å². The highest BCUT2D eigenvalue weighted by Gasteiger charge is 2.43. The van der Waals surface area contributed by atoms with Gasteiger partial charge in [0.05, 0.1) is 30.8 Å². The third-order valence-electron chi connectivity index (χ3n) is 8.33. The van der Waals surface area contributed by atoms with Gasteiger partial charge < -0.3 is 25.4 Å². The molecule has 0 spiro atoms. The van der Waals surface area contributed by atoms with E-state index in [9.17, 15) is 23.1 Å². The fraction of sp³-hybridized carbons (Fsp3) is 0.406. The molecule has 1 aliphatic heterocycles. The summed E-state index contributed by atoms with van der Waals surface area (Å²) in [6, 6.07) is 9.09. The second-order valence-corrected chi connectivity index (χ2v) is 12.2. The third-order valence-corrected chi connectivity index (χ3v) is 8.33. The van der Waals surface area contributed by atoms with Gasteiger partial charge >= 0.3 is 18.2 Å². The molecule has 1 aromatic carbocycles. The Morgan fingerprint density at radius 1 is 1.00 bits per heavy atom. The highest BCUT2D eigenvalue weighted by molar-refractivity contribution is 5.91. The molecule has 1 saturated heterocycles. The van der Waals surface area contributed by atoms with E-state index >= 15 is 0 Å². The molecular weight excluding hydrogens is 629 g/mol. The molecule has 252 valence electrons. The predicted octanol–water partition coefficient (Wildman–Crippen LogP) is 4.46. The molecule has 0 atom stereocenters. The second-order valence-electron chi connectivity index (χ2n) is 12.2. The van der Waals surface area contributed by atoms with Gasteiger partial charge in [-0.3, -0.25) is 9.88 Å². The van der Waals surface area contributed by atoms with E-state index in [4.69, 9.17) is 4.74 Å². The van der Waals surface area contributed by atoms with E-state index in [0.717, 1.165) is 11.8 Å². The van der Waals surface area contributed by atoms with E-state index < -0.39 is 17.3 Å². The lowest BCUT2D eigenvalue weighted by Crippen LogP contribution is -2.60. The summed E-state index contributed by atoms with van der Waals surface area (Å²) in [6.45, 7) is 1.97. The number of aromatic nitrogens is 6. The number of hydrogen-bond acceptors (Lipinski definition) is 11. The molecule has 2 fully saturated rings. The van der Waals surface area contributed by atoms with Crippen molar-refractivity contribution in [2.75, 3.05) is 35.3 Å². The smallest absolute Gasteiger partial charge is 0.421 e. The molecule has 3 N–H and O–H groups in total. The summed E-state index contributed by atoms with van der Waals surface area (Å²) >= 11 is 0. The number of amides is 2. The minimum Gasteiger partial charge on any atom is -0.467 e. The molecule has 0 bridgehead atoms. The van der Waals surface area contributed by atoms with Crippen molar-refractivity contribution in [1.29, 1.82) is 0 Å². The van der Waals surface area contributed by atoms with Crippen molar-refractivity contribution >= 4 is 23.6 Å². The van der Waals surface area contributed by atoms with E-state index in [-0.39, 0.29) is 49.0 Å². The maximum absolute atomic E-state index is 13.7. The fourth-order valence-corrected chi connectivity index (χ4v) is 5.93. The molecule has 13 nitrogen and oxygen atoms in total. The fourth-order valence-electron chi connectivity index (χ4n) is 5.93. The van der Waals surface area contributed by atoms with E-state index in [1.54, 1.807) is 30.4 Å². The first-order valence-electron chi connectivity index (χ1n) is 15.5. The topological polar surface area (TPSA) is 154 Å². The van der Waals surface area contributed by atoms with Crippen LogP contribution in [0.5, 0.6) is 6.01 Å². The van der Waals surface area contributed by atoms with Crippen LogP contribution in [-0.2, 0) is 12.7 Å². The standard InChI is InChI=1S/C32H35F3N10O3/c1-31(47)18-44(19-31)27-24(32(33,34)35)15-38-28(43-27)42-22-8-10-23(11-9-22)45(30(46)41-12-20-6-4-3-5-7-20)26-17-36-25(16-37-26)21-13-39-29(48-2)40-14-21/h3-7,13-17,22-23,47H,8-12,18-19H2,1-2H3,(H,41,46)(H,38,42,43)/t22-,23-. The molecular formula is C32H35F3N10O3. The Morgan fingerprint density at radius 3 is 2.31 bits per heavy atom. The van der Waals surface area contributed by atoms with Crippen LogP contribution >= 0.6 is 0 Å². The van der Waals surface area contributed by atoms with Crippen LogP contribution in [0.25, 0.3) is 11.3 Å². The number of nitrogens with zero attached hydrogens (tertiary/aromatic N) is 8. The number of carbonyl (C=O) groups is 1. The molecule has 48 heavy (non-hydrogen) atoms. The number of alkyl halides is 3. The number of rotatable bonds is 9. The normalized spacial score (nSPS) is 18.8. The first kappa shape index (κ1) is 32.8. The molecule has 1 aliphatic carbocycles. The van der Waals surface area contributed by atoms with Crippen molar-refractivity contribution in [3.05, 3.63) is 72.4 Å². The van der Waals surface area contributed by atoms with Gasteiger partial charge in [0.25, 0.3) is 0 Å². The van der Waals surface area contributed by atoms with Gasteiger partial charge in [-0.05, 0) is 38.2 Å². The van der Waals surface area contributed by atoms with Gasteiger partial charge in [0.2, 0.25) is 5.95 Å². The number of nitrogens with one attached hydrogen (secondary N) is 2. The van der Waals surface area contributed by atoms with Gasteiger partial charge in [-0.2, -0.15) is 18.2 Å². The zero-order chi connectivity index (χ0) is 33.9. The number of carbonyl (C=O) groups excluding carboxylic acids is 1. The average Bonchev–Trinajstić information content (AvgIpc) is 3.07. The van der Waals surface area contributed by atoms with E-state index in [2.05, 4.69) is 40.5 Å². The lowest BCUT2D eigenvalue weighted by atomic mass is 9.90. The van der Waals surface area contributed by atoms with Crippen LogP contribution in [0.2, 0.25) is 0 Å². The summed E-state index contributed by atoms with van der Waals surface area (Å²) in [5.74, 6) is 0.190. The van der Waals surface area contributed by atoms with Crippen molar-refractivity contribution in [3.63, 3.8) is 0 Å².